The monoisotopic (exact) mass is 184 g/mol. The van der Waals surface area contributed by atoms with Gasteiger partial charge in [-0.25, -0.2) is 4.79 Å². The van der Waals surface area contributed by atoms with Crippen molar-refractivity contribution in [2.45, 2.75) is 6.92 Å². The van der Waals surface area contributed by atoms with Crippen LogP contribution in [-0.2, 0) is 11.8 Å². The van der Waals surface area contributed by atoms with E-state index in [1.165, 1.54) is 17.8 Å². The lowest BCUT2D eigenvalue weighted by molar-refractivity contribution is -0.134. The Kier molecular flexibility index (Phi) is 2.46. The first-order chi connectivity index (χ1) is 6.04. The van der Waals surface area contributed by atoms with Gasteiger partial charge in [-0.15, -0.1) is 0 Å². The molecule has 0 atom stereocenters. The molecule has 0 saturated carbocycles. The Morgan fingerprint density at radius 2 is 2.31 bits per heavy atom. The number of carboxylic acids is 1. The minimum Gasteiger partial charge on any atom is -0.476 e. The number of aryl methyl sites for hydroxylation is 1. The van der Waals surface area contributed by atoms with Gasteiger partial charge in [0, 0.05) is 18.8 Å². The summed E-state index contributed by atoms with van der Waals surface area (Å²) in [7, 11) is 1.62. The highest BCUT2D eigenvalue weighted by Gasteiger charge is 2.13. The first-order valence-corrected chi connectivity index (χ1v) is 3.62. The Morgan fingerprint density at radius 3 is 2.69 bits per heavy atom. The highest BCUT2D eigenvalue weighted by Crippen LogP contribution is 2.17. The number of carbonyl (C=O) groups is 1. The Labute approximate surface area is 74.3 Å². The number of nitrogens with zero attached hydrogens (tertiary/aromatic N) is 2. The van der Waals surface area contributed by atoms with E-state index in [0.29, 0.717) is 5.69 Å². The van der Waals surface area contributed by atoms with Crippen molar-refractivity contribution in [3.63, 3.8) is 0 Å². The van der Waals surface area contributed by atoms with Gasteiger partial charge in [-0.2, -0.15) is 9.49 Å². The molecule has 0 bridgehead atoms. The zero-order chi connectivity index (χ0) is 10.0. The highest BCUT2D eigenvalue weighted by molar-refractivity contribution is 5.93. The lowest BCUT2D eigenvalue weighted by Gasteiger charge is -2.01. The van der Waals surface area contributed by atoms with Crippen LogP contribution in [0.15, 0.2) is 18.1 Å². The zero-order valence-corrected chi connectivity index (χ0v) is 7.28. The van der Waals surface area contributed by atoms with Gasteiger partial charge in [-0.1, -0.05) is 0 Å². The van der Waals surface area contributed by atoms with E-state index in [2.05, 4.69) is 5.10 Å². The molecule has 0 aromatic carbocycles. The van der Waals surface area contributed by atoms with Gasteiger partial charge in [-0.3, -0.25) is 4.68 Å². The van der Waals surface area contributed by atoms with Crippen LogP contribution in [-0.4, -0.2) is 20.9 Å². The minimum atomic E-state index is -1.56. The van der Waals surface area contributed by atoms with Gasteiger partial charge in [0.2, 0.25) is 5.83 Å². The average Bonchev–Trinajstić information content (AvgIpc) is 2.48. The number of hydrogen-bond acceptors (Lipinski definition) is 2. The van der Waals surface area contributed by atoms with E-state index in [0.717, 1.165) is 0 Å². The number of aliphatic carboxylic acids is 1. The molecule has 0 spiro atoms. The van der Waals surface area contributed by atoms with Crippen LogP contribution in [0.3, 0.4) is 0 Å². The van der Waals surface area contributed by atoms with E-state index in [4.69, 9.17) is 5.11 Å². The first-order valence-electron chi connectivity index (χ1n) is 3.62. The predicted octanol–water partition coefficient (Wildman–Crippen LogP) is 1.21. The van der Waals surface area contributed by atoms with Crippen LogP contribution in [0.4, 0.5) is 4.39 Å². The molecule has 0 aliphatic heterocycles. The summed E-state index contributed by atoms with van der Waals surface area (Å²) < 4.78 is 14.3. The molecule has 0 saturated heterocycles. The molecule has 70 valence electrons. The highest BCUT2D eigenvalue weighted by atomic mass is 19.1. The normalized spacial score (nSPS) is 12.5. The summed E-state index contributed by atoms with van der Waals surface area (Å²) in [5, 5.41) is 12.2. The molecule has 0 fully saturated rings. The average molecular weight is 184 g/mol. The Balaban J connectivity index is 3.17. The fraction of sp³-hybridized carbons (Fsp3) is 0.250. The van der Waals surface area contributed by atoms with Crippen LogP contribution in [0.5, 0.6) is 0 Å². The summed E-state index contributed by atoms with van der Waals surface area (Å²) in [6.45, 7) is 1.40. The lowest BCUT2D eigenvalue weighted by atomic mass is 10.2. The molecule has 1 aromatic rings. The third-order valence-corrected chi connectivity index (χ3v) is 1.72. The SMILES string of the molecule is CC(=C(F)C(=O)O)c1ccnn1C. The van der Waals surface area contributed by atoms with Crippen molar-refractivity contribution in [3.8, 4) is 0 Å². The standard InChI is InChI=1S/C8H9FN2O2/c1-5(7(9)8(12)13)6-3-4-10-11(6)2/h3-4H,1-2H3,(H,12,13). The van der Waals surface area contributed by atoms with Gasteiger partial charge in [-0.05, 0) is 13.0 Å². The van der Waals surface area contributed by atoms with E-state index >= 15 is 0 Å². The summed E-state index contributed by atoms with van der Waals surface area (Å²) in [6.07, 6.45) is 1.48. The maximum Gasteiger partial charge on any atom is 0.365 e. The van der Waals surface area contributed by atoms with Gasteiger partial charge < -0.3 is 5.11 Å². The maximum absolute atomic E-state index is 12.9. The Bertz CT molecular complexity index is 368. The fourth-order valence-corrected chi connectivity index (χ4v) is 1.01. The molecule has 0 radical (unpaired) electrons. The van der Waals surface area contributed by atoms with Gasteiger partial charge >= 0.3 is 5.97 Å². The largest absolute Gasteiger partial charge is 0.476 e. The van der Waals surface area contributed by atoms with Crippen molar-refractivity contribution in [2.75, 3.05) is 0 Å². The zero-order valence-electron chi connectivity index (χ0n) is 7.28. The molecule has 1 heterocycles. The molecule has 1 aromatic heterocycles. The topological polar surface area (TPSA) is 55.1 Å². The molecule has 4 nitrogen and oxygen atoms in total. The van der Waals surface area contributed by atoms with Crippen molar-refractivity contribution in [1.82, 2.24) is 9.78 Å². The molecule has 0 unspecified atom stereocenters. The molecule has 1 N–H and O–H groups in total. The number of hydrogen-bond donors (Lipinski definition) is 1. The van der Waals surface area contributed by atoms with E-state index < -0.39 is 11.8 Å². The molecule has 0 aliphatic carbocycles. The number of allylic oxidation sites excluding steroid dienone is 1. The third-order valence-electron chi connectivity index (χ3n) is 1.72. The minimum absolute atomic E-state index is 0.0764. The number of carboxylic acid groups (broad SMARTS) is 1. The maximum atomic E-state index is 12.9. The molecular formula is C8H9FN2O2. The molecular weight excluding hydrogens is 175 g/mol. The summed E-state index contributed by atoms with van der Waals surface area (Å²) in [5.41, 5.74) is 0.535. The van der Waals surface area contributed by atoms with Crippen LogP contribution in [0.2, 0.25) is 0 Å². The smallest absolute Gasteiger partial charge is 0.365 e. The predicted molar refractivity (Wildman–Crippen MR) is 44.5 cm³/mol. The molecule has 13 heavy (non-hydrogen) atoms. The van der Waals surface area contributed by atoms with E-state index in [9.17, 15) is 9.18 Å². The quantitative estimate of drug-likeness (QED) is 0.703. The molecule has 0 aliphatic rings. The van der Waals surface area contributed by atoms with Crippen molar-refractivity contribution in [2.24, 2.45) is 7.05 Å². The van der Waals surface area contributed by atoms with Gasteiger partial charge in [0.05, 0.1) is 5.69 Å². The lowest BCUT2D eigenvalue weighted by Crippen LogP contribution is -2.02. The second-order valence-electron chi connectivity index (χ2n) is 2.58. The van der Waals surface area contributed by atoms with Crippen molar-refractivity contribution < 1.29 is 14.3 Å². The van der Waals surface area contributed by atoms with E-state index in [-0.39, 0.29) is 5.57 Å². The van der Waals surface area contributed by atoms with E-state index in [1.807, 2.05) is 0 Å². The fourth-order valence-electron chi connectivity index (χ4n) is 1.01. The van der Waals surface area contributed by atoms with Crippen molar-refractivity contribution in [3.05, 3.63) is 23.8 Å². The Hall–Kier alpha value is -1.65. The van der Waals surface area contributed by atoms with Gasteiger partial charge in [0.25, 0.3) is 0 Å². The summed E-state index contributed by atoms with van der Waals surface area (Å²) >= 11 is 0. The molecule has 1 rings (SSSR count). The van der Waals surface area contributed by atoms with Crippen LogP contribution >= 0.6 is 0 Å². The second-order valence-corrected chi connectivity index (χ2v) is 2.58. The van der Waals surface area contributed by atoms with Gasteiger partial charge in [0.15, 0.2) is 0 Å². The summed E-state index contributed by atoms with van der Waals surface area (Å²) in [4.78, 5) is 10.3. The molecule has 0 amide bonds. The number of aromatic nitrogens is 2. The van der Waals surface area contributed by atoms with Gasteiger partial charge in [0.1, 0.15) is 0 Å². The van der Waals surface area contributed by atoms with Crippen LogP contribution in [0, 0.1) is 0 Å². The first kappa shape index (κ1) is 9.44. The van der Waals surface area contributed by atoms with Crippen LogP contribution in [0.1, 0.15) is 12.6 Å². The van der Waals surface area contributed by atoms with E-state index in [1.54, 1.807) is 13.1 Å². The summed E-state index contributed by atoms with van der Waals surface area (Å²) in [5.74, 6) is -2.71. The third kappa shape index (κ3) is 1.74. The summed E-state index contributed by atoms with van der Waals surface area (Å²) in [6, 6.07) is 1.55. The molecule has 5 heteroatoms. The van der Waals surface area contributed by atoms with Crippen molar-refractivity contribution in [1.29, 1.82) is 0 Å². The van der Waals surface area contributed by atoms with Crippen LogP contribution in [0.25, 0.3) is 5.57 Å². The van der Waals surface area contributed by atoms with Crippen LogP contribution < -0.4 is 0 Å². The van der Waals surface area contributed by atoms with Crippen molar-refractivity contribution >= 4 is 11.5 Å². The Morgan fingerprint density at radius 1 is 1.69 bits per heavy atom. The number of halogens is 1. The number of rotatable bonds is 2. The second kappa shape index (κ2) is 3.38.